The summed E-state index contributed by atoms with van der Waals surface area (Å²) in [6.45, 7) is 0.619. The van der Waals surface area contributed by atoms with Crippen molar-refractivity contribution in [3.05, 3.63) is 58.8 Å². The number of halogens is 2. The number of nitriles is 1. The highest BCUT2D eigenvalue weighted by Gasteiger charge is 2.09. The molecule has 0 saturated heterocycles. The van der Waals surface area contributed by atoms with E-state index >= 15 is 0 Å². The van der Waals surface area contributed by atoms with Gasteiger partial charge in [0, 0.05) is 18.5 Å². The molecule has 0 radical (unpaired) electrons. The Balaban J connectivity index is 1.51. The lowest BCUT2D eigenvalue weighted by Gasteiger charge is -2.05. The van der Waals surface area contributed by atoms with Crippen LogP contribution in [0.25, 0.3) is 11.4 Å². The van der Waals surface area contributed by atoms with E-state index in [9.17, 15) is 4.39 Å². The Morgan fingerprint density at radius 2 is 1.96 bits per heavy atom. The average Bonchev–Trinajstić information content (AvgIpc) is 3.09. The van der Waals surface area contributed by atoms with E-state index in [1.807, 2.05) is 6.07 Å². The van der Waals surface area contributed by atoms with Crippen molar-refractivity contribution in [3.8, 4) is 17.5 Å². The molecule has 0 unspecified atom stereocenters. The largest absolute Gasteiger partial charge is 0.370 e. The monoisotopic (exact) mass is 357 g/mol. The quantitative estimate of drug-likeness (QED) is 0.674. The van der Waals surface area contributed by atoms with Gasteiger partial charge >= 0.3 is 0 Å². The van der Waals surface area contributed by atoms with Crippen LogP contribution in [0.5, 0.6) is 0 Å². The number of anilines is 1. The Labute approximate surface area is 148 Å². The van der Waals surface area contributed by atoms with Gasteiger partial charge in [0.05, 0.1) is 5.02 Å². The number of benzene rings is 1. The summed E-state index contributed by atoms with van der Waals surface area (Å²) >= 11 is 5.84. The highest BCUT2D eigenvalue weighted by Crippen LogP contribution is 2.17. The molecule has 0 fully saturated rings. The van der Waals surface area contributed by atoms with E-state index in [-0.39, 0.29) is 11.5 Å². The van der Waals surface area contributed by atoms with E-state index in [1.54, 1.807) is 24.3 Å². The number of nitrogens with one attached hydrogen (secondary N) is 1. The maximum Gasteiger partial charge on any atom is 0.227 e. The lowest BCUT2D eigenvalue weighted by molar-refractivity contribution is 0.377. The molecule has 0 aliphatic carbocycles. The molecule has 0 saturated carbocycles. The summed E-state index contributed by atoms with van der Waals surface area (Å²) in [6.07, 6.45) is 1.32. The molecule has 8 heteroatoms. The van der Waals surface area contributed by atoms with Crippen molar-refractivity contribution in [2.45, 2.75) is 12.8 Å². The average molecular weight is 358 g/mol. The maximum absolute atomic E-state index is 12.9. The first kappa shape index (κ1) is 16.9. The molecule has 0 amide bonds. The SMILES string of the molecule is N#Cc1nc(NCCCc2nc(-c3ccc(F)cc3)no2)ccc1Cl. The molecular formula is C17H13ClFN5O. The maximum atomic E-state index is 12.9. The van der Waals surface area contributed by atoms with Crippen LogP contribution in [0.15, 0.2) is 40.9 Å². The molecule has 3 aromatic rings. The molecule has 0 atom stereocenters. The number of rotatable bonds is 6. The summed E-state index contributed by atoms with van der Waals surface area (Å²) in [7, 11) is 0. The number of hydrogen-bond acceptors (Lipinski definition) is 6. The van der Waals surface area contributed by atoms with Gasteiger partial charge in [-0.05, 0) is 42.8 Å². The molecule has 0 aliphatic heterocycles. The molecule has 2 aromatic heterocycles. The predicted octanol–water partition coefficient (Wildman–Crippen LogP) is 3.84. The van der Waals surface area contributed by atoms with Crippen LogP contribution in [0.3, 0.4) is 0 Å². The van der Waals surface area contributed by atoms with E-state index in [4.69, 9.17) is 21.4 Å². The van der Waals surface area contributed by atoms with Gasteiger partial charge in [0.2, 0.25) is 11.7 Å². The number of hydrogen-bond donors (Lipinski definition) is 1. The fraction of sp³-hybridized carbons (Fsp3) is 0.176. The Hall–Kier alpha value is -2.98. The Morgan fingerprint density at radius 1 is 1.16 bits per heavy atom. The van der Waals surface area contributed by atoms with Crippen LogP contribution in [0.1, 0.15) is 18.0 Å². The van der Waals surface area contributed by atoms with Gasteiger partial charge in [0.1, 0.15) is 17.7 Å². The van der Waals surface area contributed by atoms with Gasteiger partial charge in [-0.15, -0.1) is 0 Å². The summed E-state index contributed by atoms with van der Waals surface area (Å²) in [5.41, 5.74) is 0.886. The lowest BCUT2D eigenvalue weighted by atomic mass is 10.2. The van der Waals surface area contributed by atoms with Crippen LogP contribution in [0.2, 0.25) is 5.02 Å². The van der Waals surface area contributed by atoms with Crippen molar-refractivity contribution < 1.29 is 8.91 Å². The number of aromatic nitrogens is 3. The van der Waals surface area contributed by atoms with Crippen LogP contribution in [0.4, 0.5) is 10.2 Å². The van der Waals surface area contributed by atoms with Crippen LogP contribution < -0.4 is 5.32 Å². The summed E-state index contributed by atoms with van der Waals surface area (Å²) in [5.74, 6) is 1.20. The standard InChI is InChI=1S/C17H13ClFN5O/c18-13-7-8-15(22-14(13)10-20)21-9-1-2-16-23-17(24-25-16)11-3-5-12(19)6-4-11/h3-8H,1-2,9H2,(H,21,22). The normalized spacial score (nSPS) is 10.4. The lowest BCUT2D eigenvalue weighted by Crippen LogP contribution is -2.05. The van der Waals surface area contributed by atoms with Crippen LogP contribution in [-0.4, -0.2) is 21.7 Å². The predicted molar refractivity (Wildman–Crippen MR) is 90.5 cm³/mol. The molecule has 1 N–H and O–H groups in total. The molecule has 0 spiro atoms. The van der Waals surface area contributed by atoms with Crippen LogP contribution >= 0.6 is 11.6 Å². The molecule has 25 heavy (non-hydrogen) atoms. The Morgan fingerprint density at radius 3 is 2.72 bits per heavy atom. The van der Waals surface area contributed by atoms with Gasteiger partial charge in [-0.25, -0.2) is 9.37 Å². The molecule has 0 bridgehead atoms. The van der Waals surface area contributed by atoms with Gasteiger partial charge in [0.15, 0.2) is 5.69 Å². The summed E-state index contributed by atoms with van der Waals surface area (Å²) in [5, 5.41) is 16.2. The van der Waals surface area contributed by atoms with Crippen molar-refractivity contribution in [3.63, 3.8) is 0 Å². The first-order valence-corrected chi connectivity index (χ1v) is 7.92. The summed E-state index contributed by atoms with van der Waals surface area (Å²) < 4.78 is 18.1. The molecule has 3 rings (SSSR count). The smallest absolute Gasteiger partial charge is 0.227 e. The van der Waals surface area contributed by atoms with E-state index in [0.717, 1.165) is 6.42 Å². The molecule has 6 nitrogen and oxygen atoms in total. The zero-order chi connectivity index (χ0) is 17.6. The molecular weight excluding hydrogens is 345 g/mol. The Bertz CT molecular complexity index is 904. The van der Waals surface area contributed by atoms with E-state index in [0.29, 0.717) is 41.1 Å². The summed E-state index contributed by atoms with van der Waals surface area (Å²) in [4.78, 5) is 8.39. The summed E-state index contributed by atoms with van der Waals surface area (Å²) in [6, 6.07) is 11.2. The van der Waals surface area contributed by atoms with Gasteiger partial charge < -0.3 is 9.84 Å². The van der Waals surface area contributed by atoms with Crippen LogP contribution in [-0.2, 0) is 6.42 Å². The zero-order valence-electron chi connectivity index (χ0n) is 13.0. The van der Waals surface area contributed by atoms with Crippen molar-refractivity contribution in [1.29, 1.82) is 5.26 Å². The fourth-order valence-electron chi connectivity index (χ4n) is 2.15. The molecule has 1 aromatic carbocycles. The van der Waals surface area contributed by atoms with Gasteiger partial charge in [-0.3, -0.25) is 0 Å². The minimum absolute atomic E-state index is 0.188. The third kappa shape index (κ3) is 4.31. The number of pyridine rings is 1. The Kier molecular flexibility index (Phi) is 5.21. The molecule has 126 valence electrons. The highest BCUT2D eigenvalue weighted by atomic mass is 35.5. The van der Waals surface area contributed by atoms with Gasteiger partial charge in [-0.2, -0.15) is 10.2 Å². The molecule has 2 heterocycles. The van der Waals surface area contributed by atoms with Gasteiger partial charge in [-0.1, -0.05) is 16.8 Å². The van der Waals surface area contributed by atoms with Gasteiger partial charge in [0.25, 0.3) is 0 Å². The molecule has 0 aliphatic rings. The van der Waals surface area contributed by atoms with Crippen LogP contribution in [0, 0.1) is 17.1 Å². The minimum Gasteiger partial charge on any atom is -0.370 e. The first-order valence-electron chi connectivity index (χ1n) is 7.55. The zero-order valence-corrected chi connectivity index (χ0v) is 13.8. The third-order valence-corrected chi connectivity index (χ3v) is 3.70. The second kappa shape index (κ2) is 7.73. The van der Waals surface area contributed by atoms with E-state index < -0.39 is 0 Å². The van der Waals surface area contributed by atoms with E-state index in [2.05, 4.69) is 20.4 Å². The number of aryl methyl sites for hydroxylation is 1. The van der Waals surface area contributed by atoms with Crippen molar-refractivity contribution in [1.82, 2.24) is 15.1 Å². The van der Waals surface area contributed by atoms with Crippen molar-refractivity contribution in [2.75, 3.05) is 11.9 Å². The van der Waals surface area contributed by atoms with Crippen molar-refractivity contribution in [2.24, 2.45) is 0 Å². The second-order valence-electron chi connectivity index (χ2n) is 5.19. The minimum atomic E-state index is -0.311. The van der Waals surface area contributed by atoms with Crippen molar-refractivity contribution >= 4 is 17.4 Å². The van der Waals surface area contributed by atoms with E-state index in [1.165, 1.54) is 12.1 Å². The second-order valence-corrected chi connectivity index (χ2v) is 5.59. The fourth-order valence-corrected chi connectivity index (χ4v) is 2.30. The highest BCUT2D eigenvalue weighted by molar-refractivity contribution is 6.31. The first-order chi connectivity index (χ1) is 12.2. The number of nitrogens with zero attached hydrogens (tertiary/aromatic N) is 4. The topological polar surface area (TPSA) is 87.6 Å². The third-order valence-electron chi connectivity index (χ3n) is 3.40.